The van der Waals surface area contributed by atoms with Crippen molar-refractivity contribution in [1.29, 1.82) is 0 Å². The first-order valence-electron chi connectivity index (χ1n) is 4.22. The SMILES string of the molecule is CC1Cc2c(ccc(F)c2F)C1Cl. The third kappa shape index (κ3) is 1.24. The van der Waals surface area contributed by atoms with Crippen molar-refractivity contribution >= 4 is 11.6 Å². The Balaban J connectivity index is 2.57. The molecular formula is C10H9ClF2. The molecule has 1 aliphatic carbocycles. The second-order valence-corrected chi connectivity index (χ2v) is 3.98. The van der Waals surface area contributed by atoms with E-state index in [9.17, 15) is 8.78 Å². The topological polar surface area (TPSA) is 0 Å². The Labute approximate surface area is 80.5 Å². The average Bonchev–Trinajstić information content (AvgIpc) is 2.38. The number of benzene rings is 1. The van der Waals surface area contributed by atoms with Gasteiger partial charge in [0.1, 0.15) is 0 Å². The first-order chi connectivity index (χ1) is 6.11. The lowest BCUT2D eigenvalue weighted by Crippen LogP contribution is -1.94. The molecule has 0 bridgehead atoms. The summed E-state index contributed by atoms with van der Waals surface area (Å²) in [5.74, 6) is -1.32. The van der Waals surface area contributed by atoms with Gasteiger partial charge in [-0.15, -0.1) is 11.6 Å². The number of rotatable bonds is 0. The molecule has 0 heterocycles. The summed E-state index contributed by atoms with van der Waals surface area (Å²) in [7, 11) is 0. The van der Waals surface area contributed by atoms with Gasteiger partial charge in [0.2, 0.25) is 0 Å². The molecule has 1 aliphatic rings. The summed E-state index contributed by atoms with van der Waals surface area (Å²) >= 11 is 6.03. The van der Waals surface area contributed by atoms with Gasteiger partial charge in [-0.25, -0.2) is 8.78 Å². The van der Waals surface area contributed by atoms with E-state index in [0.29, 0.717) is 12.0 Å². The lowest BCUT2D eigenvalue weighted by Gasteiger charge is -2.06. The van der Waals surface area contributed by atoms with Crippen molar-refractivity contribution in [3.8, 4) is 0 Å². The van der Waals surface area contributed by atoms with E-state index in [-0.39, 0.29) is 11.3 Å². The van der Waals surface area contributed by atoms with E-state index in [0.717, 1.165) is 11.6 Å². The Morgan fingerprint density at radius 1 is 1.38 bits per heavy atom. The lowest BCUT2D eigenvalue weighted by molar-refractivity contribution is 0.496. The number of alkyl halides is 1. The molecule has 2 unspecified atom stereocenters. The second kappa shape index (κ2) is 2.95. The van der Waals surface area contributed by atoms with Gasteiger partial charge in [0.05, 0.1) is 5.38 Å². The Morgan fingerprint density at radius 3 is 2.77 bits per heavy atom. The quantitative estimate of drug-likeness (QED) is 0.566. The van der Waals surface area contributed by atoms with Crippen LogP contribution in [0.15, 0.2) is 12.1 Å². The van der Waals surface area contributed by atoms with Crippen molar-refractivity contribution in [1.82, 2.24) is 0 Å². The fourth-order valence-electron chi connectivity index (χ4n) is 1.81. The van der Waals surface area contributed by atoms with Crippen LogP contribution in [0.1, 0.15) is 23.4 Å². The molecule has 0 aliphatic heterocycles. The normalized spacial score (nSPS) is 26.2. The fourth-order valence-corrected chi connectivity index (χ4v) is 2.10. The van der Waals surface area contributed by atoms with Gasteiger partial charge in [-0.3, -0.25) is 0 Å². The maximum atomic E-state index is 13.2. The zero-order valence-electron chi connectivity index (χ0n) is 7.15. The third-order valence-electron chi connectivity index (χ3n) is 2.56. The summed E-state index contributed by atoms with van der Waals surface area (Å²) < 4.78 is 26.0. The predicted molar refractivity (Wildman–Crippen MR) is 47.8 cm³/mol. The monoisotopic (exact) mass is 202 g/mol. The zero-order chi connectivity index (χ0) is 9.59. The molecule has 1 aromatic rings. The molecule has 1 aromatic carbocycles. The highest BCUT2D eigenvalue weighted by Gasteiger charge is 2.30. The minimum atomic E-state index is -0.781. The Morgan fingerprint density at radius 2 is 2.08 bits per heavy atom. The van der Waals surface area contributed by atoms with Crippen molar-refractivity contribution in [3.05, 3.63) is 34.9 Å². The van der Waals surface area contributed by atoms with E-state index in [1.807, 2.05) is 6.92 Å². The van der Waals surface area contributed by atoms with Crippen LogP contribution < -0.4 is 0 Å². The van der Waals surface area contributed by atoms with Gasteiger partial charge in [0, 0.05) is 0 Å². The molecule has 0 N–H and O–H groups in total. The fraction of sp³-hybridized carbons (Fsp3) is 0.400. The van der Waals surface area contributed by atoms with E-state index < -0.39 is 11.6 Å². The Kier molecular flexibility index (Phi) is 2.03. The largest absolute Gasteiger partial charge is 0.204 e. The van der Waals surface area contributed by atoms with Crippen molar-refractivity contribution in [2.75, 3.05) is 0 Å². The highest BCUT2D eigenvalue weighted by atomic mass is 35.5. The van der Waals surface area contributed by atoms with Gasteiger partial charge in [-0.2, -0.15) is 0 Å². The van der Waals surface area contributed by atoms with Crippen molar-refractivity contribution in [2.45, 2.75) is 18.7 Å². The van der Waals surface area contributed by atoms with E-state index in [1.54, 1.807) is 6.07 Å². The van der Waals surface area contributed by atoms with Gasteiger partial charge in [-0.05, 0) is 29.5 Å². The van der Waals surface area contributed by atoms with E-state index in [1.165, 1.54) is 0 Å². The molecule has 13 heavy (non-hydrogen) atoms. The highest BCUT2D eigenvalue weighted by molar-refractivity contribution is 6.21. The zero-order valence-corrected chi connectivity index (χ0v) is 7.91. The van der Waals surface area contributed by atoms with Gasteiger partial charge in [0.25, 0.3) is 0 Å². The number of hydrogen-bond donors (Lipinski definition) is 0. The van der Waals surface area contributed by atoms with E-state index >= 15 is 0 Å². The number of fused-ring (bicyclic) bond motifs is 1. The predicted octanol–water partition coefficient (Wildman–Crippen LogP) is 3.44. The van der Waals surface area contributed by atoms with Gasteiger partial charge >= 0.3 is 0 Å². The molecule has 0 spiro atoms. The highest BCUT2D eigenvalue weighted by Crippen LogP contribution is 2.41. The molecule has 0 amide bonds. The van der Waals surface area contributed by atoms with Crippen LogP contribution in [0.2, 0.25) is 0 Å². The van der Waals surface area contributed by atoms with Crippen molar-refractivity contribution < 1.29 is 8.78 Å². The smallest absolute Gasteiger partial charge is 0.162 e. The second-order valence-electron chi connectivity index (χ2n) is 3.51. The van der Waals surface area contributed by atoms with Crippen molar-refractivity contribution in [3.63, 3.8) is 0 Å². The third-order valence-corrected chi connectivity index (χ3v) is 3.22. The van der Waals surface area contributed by atoms with Gasteiger partial charge < -0.3 is 0 Å². The minimum absolute atomic E-state index is 0.176. The molecule has 0 fully saturated rings. The van der Waals surface area contributed by atoms with Crippen LogP contribution >= 0.6 is 11.6 Å². The lowest BCUT2D eigenvalue weighted by atomic mass is 10.1. The van der Waals surface area contributed by atoms with E-state index in [4.69, 9.17) is 11.6 Å². The van der Waals surface area contributed by atoms with Crippen LogP contribution in [-0.4, -0.2) is 0 Å². The Hall–Kier alpha value is -0.630. The molecule has 0 radical (unpaired) electrons. The summed E-state index contributed by atoms with van der Waals surface area (Å²) in [5.41, 5.74) is 1.19. The van der Waals surface area contributed by atoms with Gasteiger partial charge in [-0.1, -0.05) is 13.0 Å². The summed E-state index contributed by atoms with van der Waals surface area (Å²) in [6.45, 7) is 1.94. The Bertz CT molecular complexity index is 349. The van der Waals surface area contributed by atoms with Crippen LogP contribution in [0.3, 0.4) is 0 Å². The van der Waals surface area contributed by atoms with Crippen LogP contribution in [-0.2, 0) is 6.42 Å². The van der Waals surface area contributed by atoms with Crippen molar-refractivity contribution in [2.24, 2.45) is 5.92 Å². The molecule has 0 nitrogen and oxygen atoms in total. The maximum Gasteiger partial charge on any atom is 0.162 e. The summed E-state index contributed by atoms with van der Waals surface area (Å²) in [6, 6.07) is 2.72. The van der Waals surface area contributed by atoms with E-state index in [2.05, 4.69) is 0 Å². The molecule has 0 aromatic heterocycles. The molecule has 2 atom stereocenters. The molecule has 2 rings (SSSR count). The standard InChI is InChI=1S/C10H9ClF2/c1-5-4-7-6(9(5)11)2-3-8(12)10(7)13/h2-3,5,9H,4H2,1H3. The summed E-state index contributed by atoms with van der Waals surface area (Å²) in [6.07, 6.45) is 0.535. The van der Waals surface area contributed by atoms with Crippen LogP contribution in [0.5, 0.6) is 0 Å². The summed E-state index contributed by atoms with van der Waals surface area (Å²) in [5, 5.41) is -0.176. The van der Waals surface area contributed by atoms with Crippen LogP contribution in [0.4, 0.5) is 8.78 Å². The first-order valence-corrected chi connectivity index (χ1v) is 4.65. The maximum absolute atomic E-state index is 13.2. The average molecular weight is 203 g/mol. The molecule has 0 saturated heterocycles. The van der Waals surface area contributed by atoms with Gasteiger partial charge in [0.15, 0.2) is 11.6 Å². The molecule has 70 valence electrons. The number of halogens is 3. The molecular weight excluding hydrogens is 194 g/mol. The number of hydrogen-bond acceptors (Lipinski definition) is 0. The molecule has 0 saturated carbocycles. The van der Waals surface area contributed by atoms with Crippen LogP contribution in [0.25, 0.3) is 0 Å². The molecule has 3 heteroatoms. The van der Waals surface area contributed by atoms with Crippen LogP contribution in [0, 0.1) is 17.6 Å². The summed E-state index contributed by atoms with van der Waals surface area (Å²) in [4.78, 5) is 0. The minimum Gasteiger partial charge on any atom is -0.204 e. The first kappa shape index (κ1) is 8.95.